The number of halogens is 1. The molecule has 0 spiro atoms. The van der Waals surface area contributed by atoms with Crippen LogP contribution < -0.4 is 0 Å². The van der Waals surface area contributed by atoms with Gasteiger partial charge in [0.1, 0.15) is 5.82 Å². The van der Waals surface area contributed by atoms with Gasteiger partial charge < -0.3 is 0 Å². The minimum atomic E-state index is -1.16. The maximum atomic E-state index is 12.8. The van der Waals surface area contributed by atoms with E-state index in [9.17, 15) is 8.60 Å². The highest BCUT2D eigenvalue weighted by Gasteiger charge is 2.10. The van der Waals surface area contributed by atoms with Crippen LogP contribution in [-0.2, 0) is 10.8 Å². The fourth-order valence-corrected chi connectivity index (χ4v) is 3.64. The third-order valence-corrected chi connectivity index (χ3v) is 5.06. The van der Waals surface area contributed by atoms with Gasteiger partial charge in [-0.25, -0.2) is 9.37 Å². The first-order valence-corrected chi connectivity index (χ1v) is 7.87. The molecule has 0 aliphatic rings. The number of nitriles is 1. The number of nitrogens with zero attached hydrogens (tertiary/aromatic N) is 2. The smallest absolute Gasteiger partial charge is 0.181 e. The lowest BCUT2D eigenvalue weighted by atomic mass is 10.2. The lowest BCUT2D eigenvalue weighted by Crippen LogP contribution is -1.97. The van der Waals surface area contributed by atoms with E-state index >= 15 is 0 Å². The van der Waals surface area contributed by atoms with Gasteiger partial charge in [-0.2, -0.15) is 5.26 Å². The molecule has 0 aliphatic carbocycles. The largest absolute Gasteiger partial charge is 0.252 e. The normalized spacial score (nSPS) is 12.0. The van der Waals surface area contributed by atoms with Crippen molar-refractivity contribution in [3.8, 4) is 17.3 Å². The van der Waals surface area contributed by atoms with E-state index in [0.29, 0.717) is 28.6 Å². The molecule has 19 heavy (non-hydrogen) atoms. The average molecular weight is 294 g/mol. The molecule has 0 fully saturated rings. The monoisotopic (exact) mass is 294 g/mol. The molecule has 1 heterocycles. The maximum Gasteiger partial charge on any atom is 0.181 e. The Kier molecular flexibility index (Phi) is 4.77. The summed E-state index contributed by atoms with van der Waals surface area (Å²) in [5, 5.41) is 10.2. The summed E-state index contributed by atoms with van der Waals surface area (Å²) < 4.78 is 25.3. The number of hydrogen-bond donors (Lipinski definition) is 0. The van der Waals surface area contributed by atoms with Crippen molar-refractivity contribution >= 4 is 22.1 Å². The molecule has 0 saturated heterocycles. The number of hydrogen-bond acceptors (Lipinski definition) is 4. The van der Waals surface area contributed by atoms with Crippen molar-refractivity contribution < 1.29 is 8.60 Å². The summed E-state index contributed by atoms with van der Waals surface area (Å²) in [6, 6.07) is 8.06. The first-order valence-electron chi connectivity index (χ1n) is 5.67. The summed E-state index contributed by atoms with van der Waals surface area (Å²) in [5.74, 6) is 0.156. The van der Waals surface area contributed by atoms with Crippen LogP contribution in [0, 0.1) is 17.1 Å². The van der Waals surface area contributed by atoms with Crippen LogP contribution in [0.5, 0.6) is 0 Å². The van der Waals surface area contributed by atoms with Crippen molar-refractivity contribution in [1.82, 2.24) is 4.98 Å². The molecule has 0 unspecified atom stereocenters. The van der Waals surface area contributed by atoms with Crippen LogP contribution in [0.1, 0.15) is 12.8 Å². The Bertz CT molecular complexity index is 616. The number of thiazole rings is 1. The zero-order valence-electron chi connectivity index (χ0n) is 10.0. The number of benzene rings is 1. The fraction of sp³-hybridized carbons (Fsp3) is 0.231. The van der Waals surface area contributed by atoms with E-state index in [0.717, 1.165) is 5.56 Å². The minimum Gasteiger partial charge on any atom is -0.252 e. The van der Waals surface area contributed by atoms with Crippen molar-refractivity contribution in [2.45, 2.75) is 17.2 Å². The number of aromatic nitrogens is 1. The van der Waals surface area contributed by atoms with Crippen molar-refractivity contribution in [3.05, 3.63) is 35.5 Å². The summed E-state index contributed by atoms with van der Waals surface area (Å²) >= 11 is 1.33. The Morgan fingerprint density at radius 1 is 1.37 bits per heavy atom. The Labute approximate surface area is 117 Å². The molecule has 1 aromatic carbocycles. The van der Waals surface area contributed by atoms with Gasteiger partial charge in [0.25, 0.3) is 0 Å². The molecule has 0 aliphatic heterocycles. The standard InChI is InChI=1S/C13H11FN2OS2/c14-11-5-3-10(4-6-11)12-9-18-13(16-12)19(17)8-2-1-7-15/h3-6,9H,1-2,8H2/t19-/m1/s1. The van der Waals surface area contributed by atoms with E-state index in [1.165, 1.54) is 23.5 Å². The Balaban J connectivity index is 2.08. The Morgan fingerprint density at radius 3 is 2.79 bits per heavy atom. The lowest BCUT2D eigenvalue weighted by Gasteiger charge is -1.96. The molecular weight excluding hydrogens is 283 g/mol. The zero-order valence-corrected chi connectivity index (χ0v) is 11.6. The van der Waals surface area contributed by atoms with Gasteiger partial charge in [-0.1, -0.05) is 0 Å². The molecule has 0 bridgehead atoms. The van der Waals surface area contributed by atoms with Crippen LogP contribution in [-0.4, -0.2) is 14.9 Å². The van der Waals surface area contributed by atoms with Crippen LogP contribution >= 0.6 is 11.3 Å². The Hall–Kier alpha value is -1.58. The lowest BCUT2D eigenvalue weighted by molar-refractivity contribution is 0.628. The van der Waals surface area contributed by atoms with Gasteiger partial charge in [0.05, 0.1) is 22.6 Å². The summed E-state index contributed by atoms with van der Waals surface area (Å²) in [5.41, 5.74) is 1.51. The van der Waals surface area contributed by atoms with Crippen LogP contribution in [0.25, 0.3) is 11.3 Å². The summed E-state index contributed by atoms with van der Waals surface area (Å²) in [6.45, 7) is 0. The Morgan fingerprint density at radius 2 is 2.11 bits per heavy atom. The highest BCUT2D eigenvalue weighted by atomic mass is 32.2. The van der Waals surface area contributed by atoms with E-state index in [-0.39, 0.29) is 5.82 Å². The molecule has 0 N–H and O–H groups in total. The first-order chi connectivity index (χ1) is 9.20. The fourth-order valence-electron chi connectivity index (χ4n) is 1.48. The predicted molar refractivity (Wildman–Crippen MR) is 73.6 cm³/mol. The predicted octanol–water partition coefficient (Wildman–Crippen LogP) is 3.36. The third kappa shape index (κ3) is 3.69. The van der Waals surface area contributed by atoms with Gasteiger partial charge in [0.15, 0.2) is 4.34 Å². The summed E-state index contributed by atoms with van der Waals surface area (Å²) in [6.07, 6.45) is 1.01. The van der Waals surface area contributed by atoms with Crippen molar-refractivity contribution in [3.63, 3.8) is 0 Å². The first kappa shape index (κ1) is 13.8. The molecule has 2 rings (SSSR count). The maximum absolute atomic E-state index is 12.8. The van der Waals surface area contributed by atoms with Crippen LogP contribution in [0.2, 0.25) is 0 Å². The molecule has 98 valence electrons. The molecule has 0 amide bonds. The number of unbranched alkanes of at least 4 members (excludes halogenated alkanes) is 1. The minimum absolute atomic E-state index is 0.292. The van der Waals surface area contributed by atoms with Gasteiger partial charge in [-0.05, 0) is 30.7 Å². The number of rotatable bonds is 5. The molecule has 6 heteroatoms. The van der Waals surface area contributed by atoms with E-state index < -0.39 is 10.8 Å². The topological polar surface area (TPSA) is 53.8 Å². The van der Waals surface area contributed by atoms with Crippen molar-refractivity contribution in [2.75, 3.05) is 5.75 Å². The molecular formula is C13H11FN2OS2. The van der Waals surface area contributed by atoms with Gasteiger partial charge in [-0.15, -0.1) is 11.3 Å². The summed E-state index contributed by atoms with van der Waals surface area (Å²) in [7, 11) is -1.16. The molecule has 3 nitrogen and oxygen atoms in total. The second-order valence-corrected chi connectivity index (χ2v) is 6.42. The van der Waals surface area contributed by atoms with Crippen molar-refractivity contribution in [2.24, 2.45) is 0 Å². The van der Waals surface area contributed by atoms with Crippen LogP contribution in [0.3, 0.4) is 0 Å². The molecule has 0 saturated carbocycles. The van der Waals surface area contributed by atoms with E-state index in [4.69, 9.17) is 5.26 Å². The van der Waals surface area contributed by atoms with E-state index in [1.54, 1.807) is 12.1 Å². The second-order valence-electron chi connectivity index (χ2n) is 3.82. The van der Waals surface area contributed by atoms with Gasteiger partial charge in [-0.3, -0.25) is 4.21 Å². The molecule has 2 aromatic rings. The van der Waals surface area contributed by atoms with Gasteiger partial charge in [0.2, 0.25) is 0 Å². The van der Waals surface area contributed by atoms with Gasteiger partial charge in [0, 0.05) is 23.1 Å². The third-order valence-electron chi connectivity index (χ3n) is 2.44. The van der Waals surface area contributed by atoms with E-state index in [2.05, 4.69) is 4.98 Å². The molecule has 1 atom stereocenters. The van der Waals surface area contributed by atoms with Crippen LogP contribution in [0.4, 0.5) is 4.39 Å². The zero-order chi connectivity index (χ0) is 13.7. The molecule has 1 aromatic heterocycles. The molecule has 0 radical (unpaired) electrons. The second kappa shape index (κ2) is 6.55. The quantitative estimate of drug-likeness (QED) is 0.795. The highest BCUT2D eigenvalue weighted by molar-refractivity contribution is 7.87. The summed E-state index contributed by atoms with van der Waals surface area (Å²) in [4.78, 5) is 4.30. The highest BCUT2D eigenvalue weighted by Crippen LogP contribution is 2.24. The SMILES string of the molecule is N#CCCC[S@@](=O)c1nc(-c2ccc(F)cc2)cs1. The average Bonchev–Trinajstić information content (AvgIpc) is 2.89. The van der Waals surface area contributed by atoms with E-state index in [1.807, 2.05) is 11.4 Å². The van der Waals surface area contributed by atoms with Gasteiger partial charge >= 0.3 is 0 Å². The van der Waals surface area contributed by atoms with Crippen LogP contribution in [0.15, 0.2) is 34.0 Å². The van der Waals surface area contributed by atoms with Crippen molar-refractivity contribution in [1.29, 1.82) is 5.26 Å².